The lowest BCUT2D eigenvalue weighted by Crippen LogP contribution is -2.12. The van der Waals surface area contributed by atoms with Gasteiger partial charge in [-0.05, 0) is 19.1 Å². The summed E-state index contributed by atoms with van der Waals surface area (Å²) in [6, 6.07) is 4.02. The zero-order valence-corrected chi connectivity index (χ0v) is 11.2. The van der Waals surface area contributed by atoms with Crippen molar-refractivity contribution in [2.75, 3.05) is 11.9 Å². The Balaban J connectivity index is 2.26. The first-order chi connectivity index (χ1) is 9.61. The molecule has 0 saturated heterocycles. The van der Waals surface area contributed by atoms with E-state index in [1.807, 2.05) is 0 Å². The van der Waals surface area contributed by atoms with E-state index >= 15 is 0 Å². The summed E-state index contributed by atoms with van der Waals surface area (Å²) in [5, 5.41) is 21.0. The number of carbonyl (C=O) groups is 1. The molecule has 1 N–H and O–H groups in total. The first-order valence-corrected chi connectivity index (χ1v) is 6.48. The molecule has 0 aliphatic carbocycles. The number of amides is 1. The lowest BCUT2D eigenvalue weighted by Gasteiger charge is -2.06. The van der Waals surface area contributed by atoms with Crippen molar-refractivity contribution >= 4 is 28.1 Å². The number of nitrogens with one attached hydrogen (secondary N) is 1. The topological polar surface area (TPSA) is 107 Å². The van der Waals surface area contributed by atoms with Crippen molar-refractivity contribution in [2.45, 2.75) is 6.92 Å². The standard InChI is InChI=1S/C11H10N4O4S/c1-2-19-9-4-3-7(5-8(9)15(17)18)10(16)13-11-14-12-6-20-11/h3-6H,2H2,1H3,(H,13,14,16). The average Bonchev–Trinajstić information content (AvgIpc) is 2.92. The van der Waals surface area contributed by atoms with Crippen molar-refractivity contribution in [2.24, 2.45) is 0 Å². The van der Waals surface area contributed by atoms with E-state index in [4.69, 9.17) is 4.74 Å². The Labute approximate surface area is 117 Å². The molecule has 0 atom stereocenters. The van der Waals surface area contributed by atoms with Gasteiger partial charge in [0, 0.05) is 11.6 Å². The van der Waals surface area contributed by atoms with Crippen LogP contribution < -0.4 is 10.1 Å². The minimum atomic E-state index is -0.591. The summed E-state index contributed by atoms with van der Waals surface area (Å²) in [4.78, 5) is 22.3. The van der Waals surface area contributed by atoms with Gasteiger partial charge in [0.1, 0.15) is 5.51 Å². The van der Waals surface area contributed by atoms with E-state index in [9.17, 15) is 14.9 Å². The van der Waals surface area contributed by atoms with E-state index in [-0.39, 0.29) is 17.0 Å². The fourth-order valence-electron chi connectivity index (χ4n) is 1.48. The maximum absolute atomic E-state index is 11.9. The highest BCUT2D eigenvalue weighted by molar-refractivity contribution is 7.13. The van der Waals surface area contributed by atoms with Crippen molar-refractivity contribution in [1.29, 1.82) is 0 Å². The summed E-state index contributed by atoms with van der Waals surface area (Å²) in [5.74, 6) is -0.363. The van der Waals surface area contributed by atoms with E-state index in [0.29, 0.717) is 11.7 Å². The Bertz CT molecular complexity index is 629. The lowest BCUT2D eigenvalue weighted by molar-refractivity contribution is -0.385. The third-order valence-corrected chi connectivity index (χ3v) is 2.90. The predicted molar refractivity (Wildman–Crippen MR) is 72.1 cm³/mol. The van der Waals surface area contributed by atoms with Crippen LogP contribution in [0.5, 0.6) is 5.75 Å². The minimum absolute atomic E-state index is 0.130. The van der Waals surface area contributed by atoms with Crippen LogP contribution in [0.25, 0.3) is 0 Å². The summed E-state index contributed by atoms with van der Waals surface area (Å²) >= 11 is 1.15. The summed E-state index contributed by atoms with van der Waals surface area (Å²) in [6.45, 7) is 2.02. The Hall–Kier alpha value is -2.55. The van der Waals surface area contributed by atoms with Crippen LogP contribution in [-0.4, -0.2) is 27.6 Å². The molecule has 1 heterocycles. The summed E-state index contributed by atoms with van der Waals surface area (Å²) in [7, 11) is 0. The summed E-state index contributed by atoms with van der Waals surface area (Å²) < 4.78 is 5.15. The van der Waals surface area contributed by atoms with Crippen molar-refractivity contribution < 1.29 is 14.5 Å². The highest BCUT2D eigenvalue weighted by Gasteiger charge is 2.19. The first kappa shape index (κ1) is 13.9. The van der Waals surface area contributed by atoms with Crippen LogP contribution in [0.4, 0.5) is 10.8 Å². The van der Waals surface area contributed by atoms with Crippen LogP contribution in [-0.2, 0) is 0 Å². The second-order valence-electron chi connectivity index (χ2n) is 3.57. The first-order valence-electron chi connectivity index (χ1n) is 5.60. The van der Waals surface area contributed by atoms with Crippen LogP contribution in [0.2, 0.25) is 0 Å². The van der Waals surface area contributed by atoms with E-state index in [1.54, 1.807) is 6.92 Å². The number of rotatable bonds is 5. The predicted octanol–water partition coefficient (Wildman–Crippen LogP) is 2.10. The molecule has 0 aliphatic rings. The number of hydrogen-bond acceptors (Lipinski definition) is 7. The van der Waals surface area contributed by atoms with Crippen LogP contribution >= 0.6 is 11.3 Å². The number of nitro benzene ring substituents is 1. The number of nitrogens with zero attached hydrogens (tertiary/aromatic N) is 3. The number of anilines is 1. The number of ether oxygens (including phenoxy) is 1. The van der Waals surface area contributed by atoms with Gasteiger partial charge in [-0.25, -0.2) is 0 Å². The molecule has 9 heteroatoms. The highest BCUT2D eigenvalue weighted by Crippen LogP contribution is 2.28. The molecule has 1 aromatic carbocycles. The Kier molecular flexibility index (Phi) is 4.20. The van der Waals surface area contributed by atoms with Gasteiger partial charge in [-0.15, -0.1) is 10.2 Å². The Morgan fingerprint density at radius 1 is 1.55 bits per heavy atom. The second kappa shape index (κ2) is 6.06. The third kappa shape index (κ3) is 3.06. The van der Waals surface area contributed by atoms with Crippen LogP contribution in [0, 0.1) is 10.1 Å². The minimum Gasteiger partial charge on any atom is -0.487 e. The van der Waals surface area contributed by atoms with Gasteiger partial charge in [0.25, 0.3) is 5.91 Å². The number of benzene rings is 1. The molecule has 0 spiro atoms. The van der Waals surface area contributed by atoms with Gasteiger partial charge in [-0.2, -0.15) is 0 Å². The lowest BCUT2D eigenvalue weighted by atomic mass is 10.2. The van der Waals surface area contributed by atoms with Gasteiger partial charge in [-0.1, -0.05) is 11.3 Å². The molecular weight excluding hydrogens is 284 g/mol. The SMILES string of the molecule is CCOc1ccc(C(=O)Nc2nncs2)cc1[N+](=O)[O-]. The molecule has 0 aliphatic heterocycles. The van der Waals surface area contributed by atoms with E-state index < -0.39 is 10.8 Å². The Morgan fingerprint density at radius 2 is 2.35 bits per heavy atom. The van der Waals surface area contributed by atoms with Crippen molar-refractivity contribution in [3.05, 3.63) is 39.4 Å². The fourth-order valence-corrected chi connectivity index (χ4v) is 1.92. The van der Waals surface area contributed by atoms with Gasteiger partial charge in [-0.3, -0.25) is 20.2 Å². The normalized spacial score (nSPS) is 10.1. The van der Waals surface area contributed by atoms with Crippen LogP contribution in [0.3, 0.4) is 0 Å². The number of carbonyl (C=O) groups excluding carboxylic acids is 1. The van der Waals surface area contributed by atoms with Gasteiger partial charge in [0.2, 0.25) is 5.13 Å². The molecular formula is C11H10N4O4S. The van der Waals surface area contributed by atoms with Gasteiger partial charge < -0.3 is 4.74 Å². The summed E-state index contributed by atoms with van der Waals surface area (Å²) in [5.41, 5.74) is 1.36. The molecule has 0 unspecified atom stereocenters. The van der Waals surface area contributed by atoms with Gasteiger partial charge >= 0.3 is 5.69 Å². The van der Waals surface area contributed by atoms with E-state index in [1.165, 1.54) is 23.7 Å². The zero-order valence-electron chi connectivity index (χ0n) is 10.4. The van der Waals surface area contributed by atoms with Gasteiger partial charge in [0.15, 0.2) is 5.75 Å². The fraction of sp³-hybridized carbons (Fsp3) is 0.182. The highest BCUT2D eigenvalue weighted by atomic mass is 32.1. The van der Waals surface area contributed by atoms with Crippen molar-refractivity contribution in [3.8, 4) is 5.75 Å². The summed E-state index contributed by atoms with van der Waals surface area (Å²) in [6.07, 6.45) is 0. The maximum atomic E-state index is 11.9. The Morgan fingerprint density at radius 3 is 2.95 bits per heavy atom. The van der Waals surface area contributed by atoms with E-state index in [2.05, 4.69) is 15.5 Å². The van der Waals surface area contributed by atoms with Crippen molar-refractivity contribution in [1.82, 2.24) is 10.2 Å². The van der Waals surface area contributed by atoms with Crippen LogP contribution in [0.15, 0.2) is 23.7 Å². The smallest absolute Gasteiger partial charge is 0.311 e. The second-order valence-corrected chi connectivity index (χ2v) is 4.40. The number of hydrogen-bond donors (Lipinski definition) is 1. The van der Waals surface area contributed by atoms with Crippen molar-refractivity contribution in [3.63, 3.8) is 0 Å². The quantitative estimate of drug-likeness (QED) is 0.668. The van der Waals surface area contributed by atoms with E-state index in [0.717, 1.165) is 11.3 Å². The molecule has 2 rings (SSSR count). The number of nitro groups is 1. The molecule has 8 nitrogen and oxygen atoms in total. The number of aromatic nitrogens is 2. The molecule has 20 heavy (non-hydrogen) atoms. The monoisotopic (exact) mass is 294 g/mol. The molecule has 0 radical (unpaired) electrons. The molecule has 0 saturated carbocycles. The zero-order chi connectivity index (χ0) is 14.5. The van der Waals surface area contributed by atoms with Crippen LogP contribution in [0.1, 0.15) is 17.3 Å². The third-order valence-electron chi connectivity index (χ3n) is 2.30. The molecule has 0 fully saturated rings. The molecule has 1 amide bonds. The average molecular weight is 294 g/mol. The molecule has 104 valence electrons. The van der Waals surface area contributed by atoms with Gasteiger partial charge in [0.05, 0.1) is 11.5 Å². The molecule has 0 bridgehead atoms. The largest absolute Gasteiger partial charge is 0.487 e. The molecule has 1 aromatic heterocycles. The molecule has 2 aromatic rings. The maximum Gasteiger partial charge on any atom is 0.311 e.